The maximum Gasteiger partial charge on any atom is 0.233 e. The normalized spacial score (nSPS) is 34.0. The van der Waals surface area contributed by atoms with Crippen LogP contribution in [0.5, 0.6) is 0 Å². The molecule has 2 heterocycles. The summed E-state index contributed by atoms with van der Waals surface area (Å²) in [7, 11) is 0. The van der Waals surface area contributed by atoms with E-state index in [9.17, 15) is 19.2 Å². The molecule has 4 amide bonds. The lowest BCUT2D eigenvalue weighted by molar-refractivity contribution is -0.157. The van der Waals surface area contributed by atoms with Crippen LogP contribution < -0.4 is 0 Å². The molecule has 1 saturated carbocycles. The molecular formula is C16H18N2O4. The molecule has 2 bridgehead atoms. The fraction of sp³-hybridized carbons (Fsp3) is 0.500. The Labute approximate surface area is 128 Å². The van der Waals surface area contributed by atoms with E-state index >= 15 is 0 Å². The Morgan fingerprint density at radius 1 is 0.909 bits per heavy atom. The van der Waals surface area contributed by atoms with Gasteiger partial charge in [0.25, 0.3) is 0 Å². The Morgan fingerprint density at radius 3 is 2.14 bits per heavy atom. The van der Waals surface area contributed by atoms with Crippen LogP contribution in [0.3, 0.4) is 0 Å². The maximum atomic E-state index is 12.6. The first kappa shape index (κ1) is 14.7. The topological polar surface area (TPSA) is 74.8 Å². The molecule has 0 radical (unpaired) electrons. The number of carbonyl (C=O) groups is 4. The number of amides is 4. The Hall–Kier alpha value is -2.24. The van der Waals surface area contributed by atoms with Crippen LogP contribution >= 0.6 is 0 Å². The van der Waals surface area contributed by atoms with Crippen LogP contribution in [0.25, 0.3) is 0 Å². The number of fused-ring (bicyclic) bond motifs is 5. The molecule has 3 aliphatic rings. The summed E-state index contributed by atoms with van der Waals surface area (Å²) in [5.41, 5.74) is 0. The van der Waals surface area contributed by atoms with E-state index in [1.165, 1.54) is 17.1 Å². The van der Waals surface area contributed by atoms with Crippen molar-refractivity contribution in [3.8, 4) is 0 Å². The van der Waals surface area contributed by atoms with Gasteiger partial charge in [0.15, 0.2) is 0 Å². The van der Waals surface area contributed by atoms with Gasteiger partial charge in [0.2, 0.25) is 23.6 Å². The van der Waals surface area contributed by atoms with Crippen LogP contribution in [-0.2, 0) is 19.2 Å². The number of likely N-dealkylation sites (tertiary alicyclic amines) is 2. The van der Waals surface area contributed by atoms with Gasteiger partial charge >= 0.3 is 0 Å². The number of nitrogens with zero attached hydrogens (tertiary/aromatic N) is 2. The van der Waals surface area contributed by atoms with Gasteiger partial charge < -0.3 is 0 Å². The van der Waals surface area contributed by atoms with Gasteiger partial charge in [0.05, 0.1) is 11.8 Å². The molecule has 6 heteroatoms. The molecule has 0 aromatic rings. The van der Waals surface area contributed by atoms with E-state index in [1.807, 2.05) is 0 Å². The summed E-state index contributed by atoms with van der Waals surface area (Å²) in [6, 6.07) is 0. The van der Waals surface area contributed by atoms with Gasteiger partial charge in [-0.3, -0.25) is 29.0 Å². The average molecular weight is 302 g/mol. The first-order valence-electron chi connectivity index (χ1n) is 7.42. The smallest absolute Gasteiger partial charge is 0.233 e. The molecule has 6 nitrogen and oxygen atoms in total. The zero-order chi connectivity index (χ0) is 16.0. The fourth-order valence-corrected chi connectivity index (χ4v) is 4.06. The Bertz CT molecular complexity index is 597. The molecule has 0 spiro atoms. The van der Waals surface area contributed by atoms with Crippen molar-refractivity contribution < 1.29 is 19.2 Å². The van der Waals surface area contributed by atoms with Crippen molar-refractivity contribution in [2.45, 2.75) is 12.8 Å². The molecule has 4 atom stereocenters. The zero-order valence-corrected chi connectivity index (χ0v) is 12.2. The monoisotopic (exact) mass is 302 g/mol. The molecule has 1 aliphatic carbocycles. The van der Waals surface area contributed by atoms with Crippen LogP contribution in [0.2, 0.25) is 0 Å². The number of piperidine rings is 2. The lowest BCUT2D eigenvalue weighted by Crippen LogP contribution is -2.50. The highest BCUT2D eigenvalue weighted by Gasteiger charge is 2.61. The summed E-state index contributed by atoms with van der Waals surface area (Å²) in [6.07, 6.45) is 3.52. The molecule has 3 rings (SSSR count). The summed E-state index contributed by atoms with van der Waals surface area (Å²) >= 11 is 0. The van der Waals surface area contributed by atoms with Gasteiger partial charge in [-0.1, -0.05) is 12.2 Å². The number of hydrogen-bond acceptors (Lipinski definition) is 4. The van der Waals surface area contributed by atoms with Crippen molar-refractivity contribution in [2.24, 2.45) is 23.7 Å². The highest BCUT2D eigenvalue weighted by atomic mass is 16.2. The van der Waals surface area contributed by atoms with E-state index in [2.05, 4.69) is 13.2 Å². The SMILES string of the molecule is C=CCN1C(=O)C2CC(C1=O)C1C(=O)N(CC=C)C(=O)CC21. The lowest BCUT2D eigenvalue weighted by Gasteiger charge is -2.33. The second-order valence-electron chi connectivity index (χ2n) is 6.05. The number of rotatable bonds is 4. The van der Waals surface area contributed by atoms with Crippen LogP contribution in [0.15, 0.2) is 25.3 Å². The second-order valence-corrected chi connectivity index (χ2v) is 6.05. The van der Waals surface area contributed by atoms with Crippen LogP contribution in [0.1, 0.15) is 12.8 Å². The quantitative estimate of drug-likeness (QED) is 0.555. The molecule has 116 valence electrons. The van der Waals surface area contributed by atoms with Gasteiger partial charge in [-0.15, -0.1) is 13.2 Å². The Balaban J connectivity index is 1.96. The Morgan fingerprint density at radius 2 is 1.50 bits per heavy atom. The average Bonchev–Trinajstić information content (AvgIpc) is 2.83. The van der Waals surface area contributed by atoms with E-state index in [1.54, 1.807) is 0 Å². The molecule has 3 fully saturated rings. The second kappa shape index (κ2) is 5.19. The molecule has 0 N–H and O–H groups in total. The predicted octanol–water partition coefficient (Wildman–Crippen LogP) is 0.355. The minimum Gasteiger partial charge on any atom is -0.278 e. The van der Waals surface area contributed by atoms with E-state index < -0.39 is 17.8 Å². The third kappa shape index (κ3) is 1.86. The molecule has 2 aliphatic heterocycles. The standard InChI is InChI=1S/C16H18N2O4/c1-3-5-17-12(19)8-9-10-7-11(13(9)16(17)22)15(21)18(6-4-2)14(10)20/h3-4,9-11,13H,1-2,5-8H2. The van der Waals surface area contributed by atoms with Crippen molar-refractivity contribution in [1.82, 2.24) is 9.80 Å². The Kier molecular flexibility index (Phi) is 3.47. The number of imide groups is 2. The largest absolute Gasteiger partial charge is 0.278 e. The minimum atomic E-state index is -0.561. The summed E-state index contributed by atoms with van der Waals surface area (Å²) in [5.74, 6) is -3.02. The third-order valence-corrected chi connectivity index (χ3v) is 4.97. The van der Waals surface area contributed by atoms with Gasteiger partial charge in [-0.2, -0.15) is 0 Å². The summed E-state index contributed by atoms with van der Waals surface area (Å²) in [6.45, 7) is 7.42. The highest BCUT2D eigenvalue weighted by molar-refractivity contribution is 6.08. The van der Waals surface area contributed by atoms with E-state index in [0.717, 1.165) is 4.90 Å². The lowest BCUT2D eigenvalue weighted by atomic mass is 9.81. The van der Waals surface area contributed by atoms with Crippen molar-refractivity contribution in [2.75, 3.05) is 13.1 Å². The first-order chi connectivity index (χ1) is 10.5. The van der Waals surface area contributed by atoms with Crippen LogP contribution in [0.4, 0.5) is 0 Å². The zero-order valence-electron chi connectivity index (χ0n) is 12.2. The van der Waals surface area contributed by atoms with Crippen LogP contribution in [-0.4, -0.2) is 46.5 Å². The molecule has 2 saturated heterocycles. The van der Waals surface area contributed by atoms with E-state index in [4.69, 9.17) is 0 Å². The summed E-state index contributed by atoms with van der Waals surface area (Å²) in [5, 5.41) is 0. The van der Waals surface area contributed by atoms with Gasteiger partial charge in [0.1, 0.15) is 0 Å². The van der Waals surface area contributed by atoms with Crippen molar-refractivity contribution >= 4 is 23.6 Å². The highest BCUT2D eigenvalue weighted by Crippen LogP contribution is 2.51. The number of carbonyl (C=O) groups excluding carboxylic acids is 4. The van der Waals surface area contributed by atoms with Gasteiger partial charge in [-0.25, -0.2) is 0 Å². The fourth-order valence-electron chi connectivity index (χ4n) is 4.06. The first-order valence-corrected chi connectivity index (χ1v) is 7.42. The molecular weight excluding hydrogens is 284 g/mol. The molecule has 4 unspecified atom stereocenters. The van der Waals surface area contributed by atoms with Crippen molar-refractivity contribution in [3.63, 3.8) is 0 Å². The molecule has 0 aromatic carbocycles. The van der Waals surface area contributed by atoms with Gasteiger partial charge in [-0.05, 0) is 12.3 Å². The predicted molar refractivity (Wildman–Crippen MR) is 77.0 cm³/mol. The summed E-state index contributed by atoms with van der Waals surface area (Å²) < 4.78 is 0. The molecule has 22 heavy (non-hydrogen) atoms. The van der Waals surface area contributed by atoms with E-state index in [0.29, 0.717) is 6.42 Å². The van der Waals surface area contributed by atoms with Crippen molar-refractivity contribution in [3.05, 3.63) is 25.3 Å². The number of hydrogen-bond donors (Lipinski definition) is 0. The third-order valence-electron chi connectivity index (χ3n) is 4.97. The van der Waals surface area contributed by atoms with Crippen molar-refractivity contribution in [1.29, 1.82) is 0 Å². The van der Waals surface area contributed by atoms with Crippen LogP contribution in [0, 0.1) is 23.7 Å². The minimum absolute atomic E-state index is 0.145. The molecule has 0 aromatic heterocycles. The maximum absolute atomic E-state index is 12.6. The van der Waals surface area contributed by atoms with Gasteiger partial charge in [0, 0.05) is 25.4 Å². The summed E-state index contributed by atoms with van der Waals surface area (Å²) in [4.78, 5) is 52.1. The van der Waals surface area contributed by atoms with E-state index in [-0.39, 0.29) is 49.1 Å².